The predicted octanol–water partition coefficient (Wildman–Crippen LogP) is 3.72. The van der Waals surface area contributed by atoms with Gasteiger partial charge in [-0.2, -0.15) is 4.98 Å². The minimum absolute atomic E-state index is 0.0340. The molecule has 1 unspecified atom stereocenters. The summed E-state index contributed by atoms with van der Waals surface area (Å²) < 4.78 is 18.6. The maximum Gasteiger partial charge on any atom is 0.234 e. The molecular formula is C24H27FN4O2. The van der Waals surface area contributed by atoms with E-state index in [0.717, 1.165) is 31.4 Å². The van der Waals surface area contributed by atoms with E-state index < -0.39 is 0 Å². The minimum Gasteiger partial charge on any atom is -0.355 e. The van der Waals surface area contributed by atoms with Crippen LogP contribution in [0.4, 0.5) is 4.39 Å². The molecule has 1 fully saturated rings. The maximum absolute atomic E-state index is 13.1. The van der Waals surface area contributed by atoms with Crippen molar-refractivity contribution < 1.29 is 13.7 Å². The minimum atomic E-state index is -0.299. The number of aromatic nitrogens is 2. The van der Waals surface area contributed by atoms with Crippen LogP contribution in [0.25, 0.3) is 11.4 Å². The molecule has 1 saturated heterocycles. The van der Waals surface area contributed by atoms with E-state index in [1.165, 1.54) is 23.3 Å². The van der Waals surface area contributed by atoms with Gasteiger partial charge in [0.15, 0.2) is 0 Å². The summed E-state index contributed by atoms with van der Waals surface area (Å²) in [6.07, 6.45) is 2.74. The van der Waals surface area contributed by atoms with Crippen LogP contribution in [0, 0.1) is 12.7 Å². The molecule has 1 amide bonds. The number of piperidine rings is 1. The quantitative estimate of drug-likeness (QED) is 0.628. The lowest BCUT2D eigenvalue weighted by molar-refractivity contribution is -0.122. The maximum atomic E-state index is 13.1. The number of nitrogens with one attached hydrogen (secondary N) is 1. The first-order chi connectivity index (χ1) is 15.1. The summed E-state index contributed by atoms with van der Waals surface area (Å²) in [6, 6.07) is 14.3. The molecule has 1 atom stereocenters. The van der Waals surface area contributed by atoms with Crippen LogP contribution in [-0.2, 0) is 11.2 Å². The summed E-state index contributed by atoms with van der Waals surface area (Å²) in [6.45, 7) is 4.66. The van der Waals surface area contributed by atoms with Crippen molar-refractivity contribution in [2.45, 2.75) is 32.1 Å². The lowest BCUT2D eigenvalue weighted by Gasteiger charge is -2.30. The average Bonchev–Trinajstić information content (AvgIpc) is 3.26. The van der Waals surface area contributed by atoms with Crippen LogP contribution in [0.15, 0.2) is 53.1 Å². The Labute approximate surface area is 181 Å². The van der Waals surface area contributed by atoms with E-state index in [4.69, 9.17) is 4.52 Å². The Morgan fingerprint density at radius 2 is 2.03 bits per heavy atom. The van der Waals surface area contributed by atoms with E-state index in [1.54, 1.807) is 12.1 Å². The SMILES string of the molecule is Cc1ccccc1CCNC(=O)CN1CCCC(c2nc(-c3ccc(F)cc3)no2)C1. The highest BCUT2D eigenvalue weighted by molar-refractivity contribution is 5.78. The number of carbonyl (C=O) groups is 1. The number of benzene rings is 2. The fraction of sp³-hybridized carbons (Fsp3) is 0.375. The monoisotopic (exact) mass is 422 g/mol. The van der Waals surface area contributed by atoms with Crippen LogP contribution < -0.4 is 5.32 Å². The van der Waals surface area contributed by atoms with Gasteiger partial charge in [0.05, 0.1) is 12.5 Å². The summed E-state index contributed by atoms with van der Waals surface area (Å²) >= 11 is 0. The van der Waals surface area contributed by atoms with Gasteiger partial charge in [-0.15, -0.1) is 0 Å². The van der Waals surface area contributed by atoms with Crippen LogP contribution in [0.1, 0.15) is 35.8 Å². The van der Waals surface area contributed by atoms with E-state index >= 15 is 0 Å². The third kappa shape index (κ3) is 5.55. The number of likely N-dealkylation sites (tertiary alicyclic amines) is 1. The molecule has 2 aromatic carbocycles. The smallest absolute Gasteiger partial charge is 0.234 e. The molecule has 1 aromatic heterocycles. The molecule has 0 aliphatic carbocycles. The first-order valence-electron chi connectivity index (χ1n) is 10.7. The zero-order valence-electron chi connectivity index (χ0n) is 17.7. The van der Waals surface area contributed by atoms with Gasteiger partial charge < -0.3 is 9.84 Å². The van der Waals surface area contributed by atoms with Crippen LogP contribution in [0.5, 0.6) is 0 Å². The molecule has 0 saturated carbocycles. The van der Waals surface area contributed by atoms with Gasteiger partial charge in [0.25, 0.3) is 0 Å². The fourth-order valence-electron chi connectivity index (χ4n) is 4.00. The molecule has 4 rings (SSSR count). The van der Waals surface area contributed by atoms with Crippen molar-refractivity contribution >= 4 is 5.91 Å². The third-order valence-corrected chi connectivity index (χ3v) is 5.74. The fourth-order valence-corrected chi connectivity index (χ4v) is 4.00. The highest BCUT2D eigenvalue weighted by Crippen LogP contribution is 2.27. The van der Waals surface area contributed by atoms with Gasteiger partial charge in [-0.1, -0.05) is 29.4 Å². The van der Waals surface area contributed by atoms with Crippen LogP contribution in [0.3, 0.4) is 0 Å². The highest BCUT2D eigenvalue weighted by Gasteiger charge is 2.27. The zero-order chi connectivity index (χ0) is 21.6. The molecule has 0 spiro atoms. The van der Waals surface area contributed by atoms with Gasteiger partial charge in [0.1, 0.15) is 5.82 Å². The zero-order valence-corrected chi connectivity index (χ0v) is 17.7. The topological polar surface area (TPSA) is 71.3 Å². The standard InChI is InChI=1S/C24H27FN4O2/c1-17-5-2-3-6-18(17)12-13-26-22(30)16-29-14-4-7-20(15-29)24-27-23(28-31-24)19-8-10-21(25)11-9-19/h2-3,5-6,8-11,20H,4,7,12-16H2,1H3,(H,26,30). The Morgan fingerprint density at radius 1 is 1.23 bits per heavy atom. The Balaban J connectivity index is 1.28. The summed E-state index contributed by atoms with van der Waals surface area (Å²) in [5.74, 6) is 0.861. The molecule has 2 heterocycles. The second-order valence-corrected chi connectivity index (χ2v) is 8.06. The van der Waals surface area contributed by atoms with Crippen LogP contribution in [-0.4, -0.2) is 47.1 Å². The Kier molecular flexibility index (Phi) is 6.72. The van der Waals surface area contributed by atoms with E-state index in [9.17, 15) is 9.18 Å². The normalized spacial score (nSPS) is 16.9. The van der Waals surface area contributed by atoms with Crippen molar-refractivity contribution in [3.8, 4) is 11.4 Å². The highest BCUT2D eigenvalue weighted by atomic mass is 19.1. The molecule has 3 aromatic rings. The Hall–Kier alpha value is -3.06. The summed E-state index contributed by atoms with van der Waals surface area (Å²) in [7, 11) is 0. The molecule has 1 aliphatic heterocycles. The number of nitrogens with zero attached hydrogens (tertiary/aromatic N) is 3. The second kappa shape index (κ2) is 9.83. The summed E-state index contributed by atoms with van der Waals surface area (Å²) in [5.41, 5.74) is 3.22. The Bertz CT molecular complexity index is 1020. The van der Waals surface area contributed by atoms with E-state index in [2.05, 4.69) is 39.4 Å². The molecular weight excluding hydrogens is 395 g/mol. The van der Waals surface area contributed by atoms with Crippen molar-refractivity contribution in [3.05, 3.63) is 71.4 Å². The molecule has 162 valence electrons. The number of hydrogen-bond donors (Lipinski definition) is 1. The van der Waals surface area contributed by atoms with E-state index in [1.807, 2.05) is 12.1 Å². The predicted molar refractivity (Wildman–Crippen MR) is 116 cm³/mol. The Morgan fingerprint density at radius 3 is 2.84 bits per heavy atom. The summed E-state index contributed by atoms with van der Waals surface area (Å²) in [4.78, 5) is 19.1. The van der Waals surface area contributed by atoms with Crippen LogP contribution in [0.2, 0.25) is 0 Å². The molecule has 6 nitrogen and oxygen atoms in total. The number of rotatable bonds is 7. The number of hydrogen-bond acceptors (Lipinski definition) is 5. The average molecular weight is 423 g/mol. The van der Waals surface area contributed by atoms with Crippen molar-refractivity contribution in [1.29, 1.82) is 0 Å². The lowest BCUT2D eigenvalue weighted by Crippen LogP contribution is -2.42. The molecule has 0 bridgehead atoms. The largest absolute Gasteiger partial charge is 0.355 e. The molecule has 7 heteroatoms. The van der Waals surface area contributed by atoms with Crippen molar-refractivity contribution in [2.24, 2.45) is 0 Å². The molecule has 31 heavy (non-hydrogen) atoms. The van der Waals surface area contributed by atoms with Gasteiger partial charge >= 0.3 is 0 Å². The molecule has 0 radical (unpaired) electrons. The van der Waals surface area contributed by atoms with Crippen LogP contribution >= 0.6 is 0 Å². The lowest BCUT2D eigenvalue weighted by atomic mass is 9.98. The van der Waals surface area contributed by atoms with Gasteiger partial charge in [0, 0.05) is 18.7 Å². The number of halogens is 1. The summed E-state index contributed by atoms with van der Waals surface area (Å²) in [5, 5.41) is 7.08. The van der Waals surface area contributed by atoms with Gasteiger partial charge in [-0.25, -0.2) is 4.39 Å². The number of carbonyl (C=O) groups excluding carboxylic acids is 1. The molecule has 1 N–H and O–H groups in total. The first-order valence-corrected chi connectivity index (χ1v) is 10.7. The van der Waals surface area contributed by atoms with Crippen molar-refractivity contribution in [3.63, 3.8) is 0 Å². The van der Waals surface area contributed by atoms with E-state index in [-0.39, 0.29) is 17.6 Å². The van der Waals surface area contributed by atoms with E-state index in [0.29, 0.717) is 31.3 Å². The molecule has 1 aliphatic rings. The van der Waals surface area contributed by atoms with Gasteiger partial charge in [-0.3, -0.25) is 9.69 Å². The van der Waals surface area contributed by atoms with Crippen molar-refractivity contribution in [2.75, 3.05) is 26.2 Å². The first kappa shape index (κ1) is 21.2. The third-order valence-electron chi connectivity index (χ3n) is 5.74. The second-order valence-electron chi connectivity index (χ2n) is 8.06. The van der Waals surface area contributed by atoms with Gasteiger partial charge in [0.2, 0.25) is 17.6 Å². The number of amides is 1. The van der Waals surface area contributed by atoms with Gasteiger partial charge in [-0.05, 0) is 68.1 Å². The number of aryl methyl sites for hydroxylation is 1. The van der Waals surface area contributed by atoms with Crippen molar-refractivity contribution in [1.82, 2.24) is 20.4 Å².